The van der Waals surface area contributed by atoms with Gasteiger partial charge >= 0.3 is 6.09 Å². The van der Waals surface area contributed by atoms with Crippen molar-refractivity contribution in [2.75, 3.05) is 19.4 Å². The van der Waals surface area contributed by atoms with Crippen LogP contribution in [0.2, 0.25) is 0 Å². The molecule has 206 valence electrons. The van der Waals surface area contributed by atoms with E-state index in [0.717, 1.165) is 31.2 Å². The number of hydrogen-bond donors (Lipinski definition) is 4. The van der Waals surface area contributed by atoms with Crippen LogP contribution in [0.1, 0.15) is 37.2 Å². The molecule has 0 aliphatic heterocycles. The van der Waals surface area contributed by atoms with Gasteiger partial charge in [0.1, 0.15) is 23.1 Å². The summed E-state index contributed by atoms with van der Waals surface area (Å²) in [5.74, 6) is -0.630. The summed E-state index contributed by atoms with van der Waals surface area (Å²) in [4.78, 5) is 61.8. The first-order valence-corrected chi connectivity index (χ1v) is 12.5. The van der Waals surface area contributed by atoms with Gasteiger partial charge in [0.25, 0.3) is 5.56 Å². The minimum Gasteiger partial charge on any atom is -0.465 e. The average Bonchev–Trinajstić information content (AvgIpc) is 3.60. The number of likely N-dealkylation sites (N-methyl/N-ethyl adjacent to an activating group) is 1. The maximum absolute atomic E-state index is 14.4. The number of rotatable bonds is 11. The summed E-state index contributed by atoms with van der Waals surface area (Å²) in [5.41, 5.74) is 0.805. The molecule has 0 bridgehead atoms. The first-order chi connectivity index (χ1) is 18.6. The number of carbonyl (C=O) groups is 3. The molecule has 1 aliphatic rings. The van der Waals surface area contributed by atoms with Crippen molar-refractivity contribution in [3.05, 3.63) is 64.4 Å². The van der Waals surface area contributed by atoms with Crippen molar-refractivity contribution in [2.24, 2.45) is 5.92 Å². The number of nitrogens with one attached hydrogen (secondary N) is 3. The fourth-order valence-electron chi connectivity index (χ4n) is 4.04. The van der Waals surface area contributed by atoms with Gasteiger partial charge in [-0.05, 0) is 56.2 Å². The van der Waals surface area contributed by atoms with Gasteiger partial charge in [-0.2, -0.15) is 0 Å². The lowest BCUT2D eigenvalue weighted by atomic mass is 10.1. The van der Waals surface area contributed by atoms with Crippen molar-refractivity contribution >= 4 is 34.6 Å². The number of halogens is 1. The van der Waals surface area contributed by atoms with Crippen LogP contribution in [0.4, 0.5) is 14.9 Å². The van der Waals surface area contributed by atoms with E-state index in [2.05, 4.69) is 25.6 Å². The van der Waals surface area contributed by atoms with Crippen molar-refractivity contribution in [3.63, 3.8) is 0 Å². The zero-order valence-electron chi connectivity index (χ0n) is 21.6. The van der Waals surface area contributed by atoms with Crippen LogP contribution in [0, 0.1) is 11.7 Å². The second kappa shape index (κ2) is 11.9. The molecule has 1 unspecified atom stereocenters. The van der Waals surface area contributed by atoms with Gasteiger partial charge in [-0.25, -0.2) is 14.2 Å². The number of aromatic nitrogens is 4. The predicted molar refractivity (Wildman–Crippen MR) is 141 cm³/mol. The van der Waals surface area contributed by atoms with E-state index >= 15 is 0 Å². The lowest BCUT2D eigenvalue weighted by Crippen LogP contribution is -2.44. The van der Waals surface area contributed by atoms with E-state index in [9.17, 15) is 23.6 Å². The maximum atomic E-state index is 14.4. The predicted octanol–water partition coefficient (Wildman–Crippen LogP) is 2.26. The van der Waals surface area contributed by atoms with E-state index in [1.54, 1.807) is 26.2 Å². The van der Waals surface area contributed by atoms with Crippen LogP contribution >= 0.6 is 0 Å². The number of pyridine rings is 2. The van der Waals surface area contributed by atoms with Crippen LogP contribution in [0.15, 0.2) is 41.5 Å². The van der Waals surface area contributed by atoms with E-state index in [-0.39, 0.29) is 36.5 Å². The number of H-pyrrole nitrogens is 1. The summed E-state index contributed by atoms with van der Waals surface area (Å²) < 4.78 is 15.7. The summed E-state index contributed by atoms with van der Waals surface area (Å²) in [6, 6.07) is 1.79. The third-order valence-corrected chi connectivity index (χ3v) is 6.32. The molecule has 1 atom stereocenters. The molecular formula is C26H30FN7O5. The number of allylic oxidation sites excluding steroid dienone is 1. The van der Waals surface area contributed by atoms with Gasteiger partial charge in [-0.15, -0.1) is 0 Å². The molecule has 39 heavy (non-hydrogen) atoms. The Morgan fingerprint density at radius 3 is 2.79 bits per heavy atom. The first-order valence-electron chi connectivity index (χ1n) is 12.5. The van der Waals surface area contributed by atoms with Gasteiger partial charge in [0.2, 0.25) is 11.8 Å². The highest BCUT2D eigenvalue weighted by atomic mass is 19.1. The summed E-state index contributed by atoms with van der Waals surface area (Å²) in [6.45, 7) is -0.0129. The monoisotopic (exact) mass is 539 g/mol. The van der Waals surface area contributed by atoms with E-state index in [0.29, 0.717) is 17.3 Å². The lowest BCUT2D eigenvalue weighted by Gasteiger charge is -2.16. The molecule has 1 aliphatic carbocycles. The quantitative estimate of drug-likeness (QED) is 0.272. The number of nitrogens with zero attached hydrogens (tertiary/aromatic N) is 4. The molecule has 0 spiro atoms. The number of anilines is 1. The second-order valence-electron chi connectivity index (χ2n) is 9.67. The van der Waals surface area contributed by atoms with Gasteiger partial charge in [-0.1, -0.05) is 6.08 Å². The Balaban J connectivity index is 1.48. The summed E-state index contributed by atoms with van der Waals surface area (Å²) in [6.07, 6.45) is 7.42. The molecule has 3 aromatic heterocycles. The normalized spacial score (nSPS) is 13.9. The number of hydrogen-bond acceptors (Lipinski definition) is 6. The van der Waals surface area contributed by atoms with Crippen molar-refractivity contribution in [3.8, 4) is 0 Å². The molecule has 0 aromatic carbocycles. The van der Waals surface area contributed by atoms with Gasteiger partial charge in [0.05, 0.1) is 24.0 Å². The highest BCUT2D eigenvalue weighted by Gasteiger charge is 2.25. The number of amides is 3. The standard InChI is InChI=1S/C26H30FN7O5/c1-33(2)21(35)8-4-3-6-17(30-26(38)39)24(36)29-18-7-5-11-34(25(18)37)14-20-31-22-16(27)13-28-19(23(22)32-20)12-15-9-10-15/h4-5,7-8,11,13,15,17,30H,3,6,9-10,12,14H2,1-2H3,(H,29,36)(H,31,32)(H,38,39). The molecule has 4 N–H and O–H groups in total. The SMILES string of the molecule is CN(C)C(=O)C=CCCC(NC(=O)O)C(=O)Nc1cccn(Cc2nc3c(F)cnc(CC4CC4)c3[nH]2)c1=O. The zero-order valence-corrected chi connectivity index (χ0v) is 21.6. The van der Waals surface area contributed by atoms with Gasteiger partial charge < -0.3 is 30.2 Å². The Hall–Kier alpha value is -4.55. The molecule has 1 fully saturated rings. The molecule has 4 rings (SSSR count). The zero-order chi connectivity index (χ0) is 28.1. The number of fused-ring (bicyclic) bond motifs is 1. The van der Waals surface area contributed by atoms with Gasteiger partial charge in [0, 0.05) is 20.3 Å². The van der Waals surface area contributed by atoms with Crippen molar-refractivity contribution in [1.82, 2.24) is 29.7 Å². The molecular weight excluding hydrogens is 509 g/mol. The molecule has 0 saturated heterocycles. The Bertz CT molecular complexity index is 1480. The highest BCUT2D eigenvalue weighted by Crippen LogP contribution is 2.33. The maximum Gasteiger partial charge on any atom is 0.405 e. The highest BCUT2D eigenvalue weighted by molar-refractivity contribution is 5.96. The topological polar surface area (TPSA) is 162 Å². The van der Waals surface area contributed by atoms with Crippen LogP contribution < -0.4 is 16.2 Å². The van der Waals surface area contributed by atoms with Crippen LogP contribution in [0.25, 0.3) is 11.0 Å². The average molecular weight is 540 g/mol. The Morgan fingerprint density at radius 2 is 2.10 bits per heavy atom. The van der Waals surface area contributed by atoms with Crippen LogP contribution in [0.3, 0.4) is 0 Å². The molecule has 3 amide bonds. The van der Waals surface area contributed by atoms with Crippen molar-refractivity contribution in [2.45, 2.75) is 44.7 Å². The third kappa shape index (κ3) is 7.06. The summed E-state index contributed by atoms with van der Waals surface area (Å²) >= 11 is 0. The molecule has 1 saturated carbocycles. The van der Waals surface area contributed by atoms with Crippen molar-refractivity contribution in [1.29, 1.82) is 0 Å². The van der Waals surface area contributed by atoms with Gasteiger partial charge in [-0.3, -0.25) is 19.4 Å². The summed E-state index contributed by atoms with van der Waals surface area (Å²) in [5, 5.41) is 13.8. The van der Waals surface area contributed by atoms with E-state index in [1.165, 1.54) is 27.8 Å². The first kappa shape index (κ1) is 27.5. The van der Waals surface area contributed by atoms with Gasteiger partial charge in [0.15, 0.2) is 5.82 Å². The third-order valence-electron chi connectivity index (χ3n) is 6.32. The fourth-order valence-corrected chi connectivity index (χ4v) is 4.04. The minimum absolute atomic E-state index is 0.0129. The number of carboxylic acid groups (broad SMARTS) is 1. The van der Waals surface area contributed by atoms with Crippen molar-refractivity contribution < 1.29 is 23.9 Å². The van der Waals surface area contributed by atoms with Crippen LogP contribution in [-0.4, -0.2) is 67.6 Å². The second-order valence-corrected chi connectivity index (χ2v) is 9.67. The van der Waals surface area contributed by atoms with E-state index in [1.807, 2.05) is 0 Å². The van der Waals surface area contributed by atoms with Crippen LogP contribution in [0.5, 0.6) is 0 Å². The van der Waals surface area contributed by atoms with E-state index < -0.39 is 29.4 Å². The Labute approximate surface area is 222 Å². The molecule has 13 heteroatoms. The fraction of sp³-hybridized carbons (Fsp3) is 0.385. The lowest BCUT2D eigenvalue weighted by molar-refractivity contribution is -0.123. The van der Waals surface area contributed by atoms with Crippen LogP contribution in [-0.2, 0) is 22.6 Å². The Kier molecular flexibility index (Phi) is 8.37. The summed E-state index contributed by atoms with van der Waals surface area (Å²) in [7, 11) is 3.19. The minimum atomic E-state index is -1.40. The molecule has 0 radical (unpaired) electrons. The number of imidazole rings is 1. The largest absolute Gasteiger partial charge is 0.465 e. The molecule has 3 heterocycles. The molecule has 12 nitrogen and oxygen atoms in total. The number of carbonyl (C=O) groups excluding carboxylic acids is 2. The smallest absolute Gasteiger partial charge is 0.405 e. The Morgan fingerprint density at radius 1 is 1.33 bits per heavy atom. The molecule has 3 aromatic rings. The number of aromatic amines is 1. The van der Waals surface area contributed by atoms with E-state index in [4.69, 9.17) is 5.11 Å².